The number of anilines is 1. The van der Waals surface area contributed by atoms with Gasteiger partial charge in [0.15, 0.2) is 5.88 Å². The minimum Gasteiger partial charge on any atom is -0.496 e. The number of aryl methyl sites for hydroxylation is 1. The van der Waals surface area contributed by atoms with E-state index in [0.717, 1.165) is 48.3 Å². The van der Waals surface area contributed by atoms with Gasteiger partial charge in [-0.1, -0.05) is 0 Å². The van der Waals surface area contributed by atoms with Crippen LogP contribution in [0.3, 0.4) is 0 Å². The first-order valence-electron chi connectivity index (χ1n) is 9.27. The molecule has 148 valence electrons. The second-order valence-electron chi connectivity index (χ2n) is 6.48. The van der Waals surface area contributed by atoms with Crippen LogP contribution in [0.25, 0.3) is 11.0 Å². The fourth-order valence-corrected chi connectivity index (χ4v) is 3.01. The monoisotopic (exact) mass is 382 g/mol. The summed E-state index contributed by atoms with van der Waals surface area (Å²) in [4.78, 5) is 16.0. The predicted octanol–water partition coefficient (Wildman–Crippen LogP) is 3.14. The van der Waals surface area contributed by atoms with E-state index in [4.69, 9.17) is 4.74 Å². The van der Waals surface area contributed by atoms with Crippen molar-refractivity contribution in [3.8, 4) is 11.6 Å². The number of ether oxygens (including phenoxy) is 1. The lowest BCUT2D eigenvalue weighted by atomic mass is 10.2. The molecular formula is C20H26N6O2. The van der Waals surface area contributed by atoms with Crippen LogP contribution < -0.4 is 15.4 Å². The normalized spacial score (nSPS) is 11.4. The van der Waals surface area contributed by atoms with E-state index in [2.05, 4.69) is 30.6 Å². The Morgan fingerprint density at radius 2 is 2.07 bits per heavy atom. The molecule has 28 heavy (non-hydrogen) atoms. The quantitative estimate of drug-likeness (QED) is 0.334. The van der Waals surface area contributed by atoms with Gasteiger partial charge in [-0.2, -0.15) is 0 Å². The van der Waals surface area contributed by atoms with Crippen molar-refractivity contribution in [1.82, 2.24) is 20.3 Å². The van der Waals surface area contributed by atoms with Gasteiger partial charge < -0.3 is 25.5 Å². The maximum atomic E-state index is 10.3. The standard InChI is InChI=1S/C20H26N6O2/c1-13-10-14(6-7-16(13)28-3)23-11-15-17-18(22-9-5-4-8-21-2)24-12-25-19(17)26-20(15)27/h6-7,10-12,21,27H,4-5,8-9H2,1-3H3,(H2,22,24,25,26). The van der Waals surface area contributed by atoms with Crippen LogP contribution >= 0.6 is 0 Å². The van der Waals surface area contributed by atoms with Crippen molar-refractivity contribution in [2.75, 3.05) is 32.6 Å². The SMILES string of the molecule is CNCCCCNc1ncnc2[nH]c(O)c(C=Nc3ccc(OC)c(C)c3)c12. The van der Waals surface area contributed by atoms with Gasteiger partial charge in [-0.05, 0) is 57.1 Å². The van der Waals surface area contributed by atoms with E-state index >= 15 is 0 Å². The van der Waals surface area contributed by atoms with Crippen molar-refractivity contribution in [3.05, 3.63) is 35.7 Å². The highest BCUT2D eigenvalue weighted by atomic mass is 16.5. The molecule has 1 aromatic carbocycles. The molecule has 0 atom stereocenters. The first kappa shape index (κ1) is 19.6. The number of methoxy groups -OCH3 is 1. The number of aromatic amines is 1. The van der Waals surface area contributed by atoms with E-state index in [1.165, 1.54) is 6.33 Å². The Labute approximate surface area is 164 Å². The average molecular weight is 382 g/mol. The Morgan fingerprint density at radius 3 is 2.82 bits per heavy atom. The fourth-order valence-electron chi connectivity index (χ4n) is 3.01. The summed E-state index contributed by atoms with van der Waals surface area (Å²) in [5.74, 6) is 1.51. The van der Waals surface area contributed by atoms with Crippen molar-refractivity contribution in [3.63, 3.8) is 0 Å². The summed E-state index contributed by atoms with van der Waals surface area (Å²) in [6, 6.07) is 5.67. The maximum Gasteiger partial charge on any atom is 0.199 e. The molecule has 0 fully saturated rings. The number of aromatic nitrogens is 3. The zero-order valence-electron chi connectivity index (χ0n) is 16.4. The van der Waals surface area contributed by atoms with E-state index in [1.54, 1.807) is 13.3 Å². The third-order valence-electron chi connectivity index (χ3n) is 4.48. The summed E-state index contributed by atoms with van der Waals surface area (Å²) in [6.07, 6.45) is 5.19. The molecule has 0 aliphatic rings. The third kappa shape index (κ3) is 4.40. The number of fused-ring (bicyclic) bond motifs is 1. The Kier molecular flexibility index (Phi) is 6.44. The lowest BCUT2D eigenvalue weighted by molar-refractivity contribution is 0.412. The first-order valence-corrected chi connectivity index (χ1v) is 9.27. The molecule has 8 heteroatoms. The van der Waals surface area contributed by atoms with Gasteiger partial charge in [0.05, 0.1) is 23.7 Å². The van der Waals surface area contributed by atoms with Gasteiger partial charge >= 0.3 is 0 Å². The number of benzene rings is 1. The fraction of sp³-hybridized carbons (Fsp3) is 0.350. The molecule has 0 aliphatic heterocycles. The van der Waals surface area contributed by atoms with Crippen LogP contribution in [-0.2, 0) is 0 Å². The number of hydrogen-bond donors (Lipinski definition) is 4. The highest BCUT2D eigenvalue weighted by molar-refractivity contribution is 6.06. The topological polar surface area (TPSA) is 107 Å². The van der Waals surface area contributed by atoms with Crippen molar-refractivity contribution in [2.24, 2.45) is 4.99 Å². The number of aliphatic imine (C=N–C) groups is 1. The number of nitrogens with one attached hydrogen (secondary N) is 3. The van der Waals surface area contributed by atoms with E-state index in [0.29, 0.717) is 17.0 Å². The van der Waals surface area contributed by atoms with Crippen molar-refractivity contribution < 1.29 is 9.84 Å². The number of rotatable bonds is 9. The number of unbranched alkanes of at least 4 members (excludes halogenated alkanes) is 1. The van der Waals surface area contributed by atoms with Crippen molar-refractivity contribution in [1.29, 1.82) is 0 Å². The molecule has 4 N–H and O–H groups in total. The van der Waals surface area contributed by atoms with Crippen LogP contribution in [0.15, 0.2) is 29.5 Å². The molecule has 2 heterocycles. The smallest absolute Gasteiger partial charge is 0.199 e. The van der Waals surface area contributed by atoms with Crippen LogP contribution in [0.2, 0.25) is 0 Å². The van der Waals surface area contributed by atoms with Crippen LogP contribution in [-0.4, -0.2) is 53.5 Å². The van der Waals surface area contributed by atoms with Gasteiger partial charge in [-0.15, -0.1) is 0 Å². The molecule has 0 spiro atoms. The Balaban J connectivity index is 1.86. The van der Waals surface area contributed by atoms with Crippen LogP contribution in [0.1, 0.15) is 24.0 Å². The average Bonchev–Trinajstić information content (AvgIpc) is 3.02. The summed E-state index contributed by atoms with van der Waals surface area (Å²) >= 11 is 0. The van der Waals surface area contributed by atoms with Gasteiger partial charge in [0.1, 0.15) is 23.5 Å². The minimum absolute atomic E-state index is 0.0164. The molecule has 0 radical (unpaired) electrons. The molecule has 0 amide bonds. The molecule has 0 unspecified atom stereocenters. The molecule has 0 bridgehead atoms. The lowest BCUT2D eigenvalue weighted by Gasteiger charge is -2.07. The van der Waals surface area contributed by atoms with E-state index in [-0.39, 0.29) is 5.88 Å². The second kappa shape index (κ2) is 9.18. The number of hydrogen-bond acceptors (Lipinski definition) is 7. The number of H-pyrrole nitrogens is 1. The van der Waals surface area contributed by atoms with Gasteiger partial charge in [-0.25, -0.2) is 9.97 Å². The van der Waals surface area contributed by atoms with E-state index < -0.39 is 0 Å². The Bertz CT molecular complexity index is 967. The van der Waals surface area contributed by atoms with Crippen LogP contribution in [0.4, 0.5) is 11.5 Å². The summed E-state index contributed by atoms with van der Waals surface area (Å²) in [6.45, 7) is 3.73. The third-order valence-corrected chi connectivity index (χ3v) is 4.48. The molecule has 3 rings (SSSR count). The van der Waals surface area contributed by atoms with E-state index in [9.17, 15) is 5.11 Å². The summed E-state index contributed by atoms with van der Waals surface area (Å²) in [5, 5.41) is 17.5. The Morgan fingerprint density at radius 1 is 1.25 bits per heavy atom. The summed E-state index contributed by atoms with van der Waals surface area (Å²) in [5.41, 5.74) is 2.89. The second-order valence-corrected chi connectivity index (χ2v) is 6.48. The summed E-state index contributed by atoms with van der Waals surface area (Å²) < 4.78 is 5.28. The van der Waals surface area contributed by atoms with Crippen LogP contribution in [0.5, 0.6) is 11.6 Å². The largest absolute Gasteiger partial charge is 0.496 e. The van der Waals surface area contributed by atoms with Crippen molar-refractivity contribution in [2.45, 2.75) is 19.8 Å². The zero-order valence-corrected chi connectivity index (χ0v) is 16.4. The van der Waals surface area contributed by atoms with Gasteiger partial charge in [0, 0.05) is 12.8 Å². The van der Waals surface area contributed by atoms with Gasteiger partial charge in [0.2, 0.25) is 0 Å². The molecule has 2 aromatic heterocycles. The highest BCUT2D eigenvalue weighted by Crippen LogP contribution is 2.30. The molecule has 3 aromatic rings. The molecular weight excluding hydrogens is 356 g/mol. The summed E-state index contributed by atoms with van der Waals surface area (Å²) in [7, 11) is 3.59. The zero-order chi connectivity index (χ0) is 19.9. The minimum atomic E-state index is 0.0164. The first-order chi connectivity index (χ1) is 13.6. The molecule has 0 saturated carbocycles. The Hall–Kier alpha value is -3.13. The molecule has 8 nitrogen and oxygen atoms in total. The number of aromatic hydroxyl groups is 1. The van der Waals surface area contributed by atoms with E-state index in [1.807, 2.05) is 32.2 Å². The van der Waals surface area contributed by atoms with Gasteiger partial charge in [0.25, 0.3) is 0 Å². The molecule has 0 saturated heterocycles. The van der Waals surface area contributed by atoms with Crippen molar-refractivity contribution >= 4 is 28.8 Å². The van der Waals surface area contributed by atoms with Crippen LogP contribution in [0, 0.1) is 6.92 Å². The van der Waals surface area contributed by atoms with Gasteiger partial charge in [-0.3, -0.25) is 4.99 Å². The highest BCUT2D eigenvalue weighted by Gasteiger charge is 2.15. The predicted molar refractivity (Wildman–Crippen MR) is 112 cm³/mol. The maximum absolute atomic E-state index is 10.3. The molecule has 0 aliphatic carbocycles. The number of nitrogens with zero attached hydrogens (tertiary/aromatic N) is 3. The lowest BCUT2D eigenvalue weighted by Crippen LogP contribution is -2.10.